The van der Waals surface area contributed by atoms with E-state index in [-0.39, 0.29) is 17.1 Å². The lowest BCUT2D eigenvalue weighted by Gasteiger charge is -2.31. The molecule has 2 N–H and O–H groups in total. The molecule has 0 spiro atoms. The highest BCUT2D eigenvalue weighted by Crippen LogP contribution is 2.38. The first kappa shape index (κ1) is 13.9. The molecule has 8 nitrogen and oxygen atoms in total. The topological polar surface area (TPSA) is 103 Å². The van der Waals surface area contributed by atoms with E-state index in [4.69, 9.17) is 9.47 Å². The van der Waals surface area contributed by atoms with Gasteiger partial charge >= 0.3 is 0 Å². The monoisotopic (exact) mass is 392 g/mol. The van der Waals surface area contributed by atoms with Crippen LogP contribution in [0.5, 0.6) is 5.88 Å². The van der Waals surface area contributed by atoms with Gasteiger partial charge in [-0.3, -0.25) is 4.57 Å². The summed E-state index contributed by atoms with van der Waals surface area (Å²) in [6.45, 7) is -0.147. The van der Waals surface area contributed by atoms with Crippen molar-refractivity contribution in [3.63, 3.8) is 0 Å². The summed E-state index contributed by atoms with van der Waals surface area (Å²) in [5.41, 5.74) is -0.119. The van der Waals surface area contributed by atoms with E-state index < -0.39 is 11.8 Å². The molecule has 3 heterocycles. The van der Waals surface area contributed by atoms with Crippen LogP contribution in [0.4, 0.5) is 0 Å². The number of alkyl halides is 1. The Kier molecular flexibility index (Phi) is 3.52. The Labute approximate surface area is 127 Å². The fourth-order valence-corrected chi connectivity index (χ4v) is 3.23. The average molecular weight is 392 g/mol. The van der Waals surface area contributed by atoms with Crippen molar-refractivity contribution < 1.29 is 19.7 Å². The van der Waals surface area contributed by atoms with E-state index in [9.17, 15) is 10.2 Å². The van der Waals surface area contributed by atoms with E-state index in [2.05, 4.69) is 37.5 Å². The maximum Gasteiger partial charge on any atom is 0.245 e. The van der Waals surface area contributed by atoms with E-state index in [1.54, 1.807) is 4.57 Å². The third-order valence-corrected chi connectivity index (χ3v) is 5.20. The summed E-state index contributed by atoms with van der Waals surface area (Å²) in [4.78, 5) is 12.4. The largest absolute Gasteiger partial charge is 0.479 e. The van der Waals surface area contributed by atoms with Crippen LogP contribution in [0.25, 0.3) is 11.2 Å². The molecule has 1 saturated heterocycles. The molecule has 0 unspecified atom stereocenters. The number of aliphatic hydroxyl groups is 2. The van der Waals surface area contributed by atoms with Crippen LogP contribution in [0.2, 0.25) is 0 Å². The Balaban J connectivity index is 2.19. The first-order valence-electron chi connectivity index (χ1n) is 5.93. The standard InChI is InChI=1S/C11H13IN4O4/c1-19-10-7-9(13-4-14-10)16(5-15-7)11(3-17)8(12)6(18)2-20-11/h4-6,8,17-18H,2-3H2,1H3/t6-,8+,11-/m0/s1. The molecule has 1 aliphatic rings. The predicted molar refractivity (Wildman–Crippen MR) is 76.7 cm³/mol. The zero-order valence-electron chi connectivity index (χ0n) is 10.6. The molecule has 3 atom stereocenters. The summed E-state index contributed by atoms with van der Waals surface area (Å²) in [5, 5.41) is 19.7. The van der Waals surface area contributed by atoms with Crippen molar-refractivity contribution in [2.24, 2.45) is 0 Å². The van der Waals surface area contributed by atoms with E-state index in [1.165, 1.54) is 19.8 Å². The number of methoxy groups -OCH3 is 1. The molecule has 0 aromatic carbocycles. The van der Waals surface area contributed by atoms with Gasteiger partial charge in [-0.05, 0) is 0 Å². The summed E-state index contributed by atoms with van der Waals surface area (Å²) >= 11 is 2.07. The third kappa shape index (κ3) is 1.80. The second kappa shape index (κ2) is 5.06. The molecular weight excluding hydrogens is 379 g/mol. The third-order valence-electron chi connectivity index (χ3n) is 3.40. The maximum atomic E-state index is 9.90. The minimum atomic E-state index is -1.09. The summed E-state index contributed by atoms with van der Waals surface area (Å²) in [6.07, 6.45) is 2.21. The number of rotatable bonds is 3. The van der Waals surface area contributed by atoms with Crippen LogP contribution in [-0.2, 0) is 10.5 Å². The molecule has 0 bridgehead atoms. The lowest BCUT2D eigenvalue weighted by molar-refractivity contribution is -0.0918. The molecule has 2 aromatic rings. The lowest BCUT2D eigenvalue weighted by Crippen LogP contribution is -2.45. The van der Waals surface area contributed by atoms with E-state index in [0.29, 0.717) is 17.0 Å². The molecule has 20 heavy (non-hydrogen) atoms. The first-order valence-corrected chi connectivity index (χ1v) is 7.18. The molecule has 0 amide bonds. The number of ether oxygens (including phenoxy) is 2. The Hall–Kier alpha value is -1.04. The number of aliphatic hydroxyl groups excluding tert-OH is 2. The number of hydrogen-bond acceptors (Lipinski definition) is 7. The minimum Gasteiger partial charge on any atom is -0.479 e. The van der Waals surface area contributed by atoms with Crippen LogP contribution in [0.15, 0.2) is 12.7 Å². The van der Waals surface area contributed by atoms with Gasteiger partial charge in [0.2, 0.25) is 5.88 Å². The highest BCUT2D eigenvalue weighted by atomic mass is 127. The lowest BCUT2D eigenvalue weighted by atomic mass is 10.1. The smallest absolute Gasteiger partial charge is 0.245 e. The van der Waals surface area contributed by atoms with Gasteiger partial charge in [0.1, 0.15) is 6.33 Å². The van der Waals surface area contributed by atoms with Crippen LogP contribution in [0, 0.1) is 0 Å². The maximum absolute atomic E-state index is 9.90. The van der Waals surface area contributed by atoms with Gasteiger partial charge in [0.05, 0.1) is 36.7 Å². The molecule has 3 rings (SSSR count). The second-order valence-corrected chi connectivity index (χ2v) is 5.79. The SMILES string of the molecule is COc1ncnc2c1ncn2[C@@]1(CO)OC[C@H](O)[C@H]1I. The number of aromatic nitrogens is 4. The van der Waals surface area contributed by atoms with Gasteiger partial charge in [0.15, 0.2) is 16.9 Å². The van der Waals surface area contributed by atoms with Gasteiger partial charge in [-0.15, -0.1) is 0 Å². The van der Waals surface area contributed by atoms with Crippen molar-refractivity contribution in [3.8, 4) is 5.88 Å². The number of halogens is 1. The molecule has 0 radical (unpaired) electrons. The van der Waals surface area contributed by atoms with Gasteiger partial charge in [-0.25, -0.2) is 9.97 Å². The first-order chi connectivity index (χ1) is 9.64. The highest BCUT2D eigenvalue weighted by molar-refractivity contribution is 14.1. The number of fused-ring (bicyclic) bond motifs is 1. The number of imidazole rings is 1. The normalized spacial score (nSPS) is 30.0. The Morgan fingerprint density at radius 2 is 2.35 bits per heavy atom. The van der Waals surface area contributed by atoms with Gasteiger partial charge in [0, 0.05) is 0 Å². The second-order valence-electron chi connectivity index (χ2n) is 4.45. The van der Waals surface area contributed by atoms with Crippen LogP contribution in [-0.4, -0.2) is 60.1 Å². The zero-order chi connectivity index (χ0) is 14.3. The molecule has 0 aliphatic carbocycles. The van der Waals surface area contributed by atoms with Gasteiger partial charge in [-0.1, -0.05) is 22.6 Å². The van der Waals surface area contributed by atoms with E-state index in [0.717, 1.165) is 0 Å². The molecule has 2 aromatic heterocycles. The van der Waals surface area contributed by atoms with Crippen molar-refractivity contribution in [3.05, 3.63) is 12.7 Å². The Morgan fingerprint density at radius 1 is 1.55 bits per heavy atom. The Bertz CT molecular complexity index is 636. The van der Waals surface area contributed by atoms with Crippen LogP contribution in [0.3, 0.4) is 0 Å². The zero-order valence-corrected chi connectivity index (χ0v) is 12.8. The van der Waals surface area contributed by atoms with Crippen molar-refractivity contribution in [2.75, 3.05) is 20.3 Å². The van der Waals surface area contributed by atoms with Gasteiger partial charge in [0.25, 0.3) is 0 Å². The number of hydrogen-bond donors (Lipinski definition) is 2. The van der Waals surface area contributed by atoms with Gasteiger partial charge in [-0.2, -0.15) is 4.98 Å². The fourth-order valence-electron chi connectivity index (χ4n) is 2.35. The number of nitrogens with zero attached hydrogens (tertiary/aromatic N) is 4. The molecule has 1 fully saturated rings. The molecule has 0 saturated carbocycles. The molecular formula is C11H13IN4O4. The Morgan fingerprint density at radius 3 is 2.95 bits per heavy atom. The molecule has 108 valence electrons. The average Bonchev–Trinajstić information content (AvgIpc) is 3.03. The predicted octanol–water partition coefficient (Wildman–Crippen LogP) is -0.325. The van der Waals surface area contributed by atoms with Crippen molar-refractivity contribution in [1.29, 1.82) is 0 Å². The van der Waals surface area contributed by atoms with E-state index in [1.807, 2.05) is 0 Å². The van der Waals surface area contributed by atoms with Crippen LogP contribution in [0.1, 0.15) is 0 Å². The van der Waals surface area contributed by atoms with Crippen LogP contribution >= 0.6 is 22.6 Å². The summed E-state index contributed by atoms with van der Waals surface area (Å²) in [6, 6.07) is 0. The molecule has 9 heteroatoms. The highest BCUT2D eigenvalue weighted by Gasteiger charge is 2.50. The quantitative estimate of drug-likeness (QED) is 0.545. The summed E-state index contributed by atoms with van der Waals surface area (Å²) in [5.74, 6) is 0.352. The van der Waals surface area contributed by atoms with Crippen molar-refractivity contribution in [1.82, 2.24) is 19.5 Å². The fraction of sp³-hybridized carbons (Fsp3) is 0.545. The van der Waals surface area contributed by atoms with Crippen molar-refractivity contribution >= 4 is 33.8 Å². The van der Waals surface area contributed by atoms with Crippen molar-refractivity contribution in [2.45, 2.75) is 15.8 Å². The van der Waals surface area contributed by atoms with Crippen LogP contribution < -0.4 is 4.74 Å². The minimum absolute atomic E-state index is 0.149. The van der Waals surface area contributed by atoms with Gasteiger partial charge < -0.3 is 19.7 Å². The van der Waals surface area contributed by atoms with E-state index >= 15 is 0 Å². The summed E-state index contributed by atoms with van der Waals surface area (Å²) < 4.78 is 12.1. The summed E-state index contributed by atoms with van der Waals surface area (Å²) in [7, 11) is 1.50. The molecule has 1 aliphatic heterocycles.